The van der Waals surface area contributed by atoms with E-state index >= 15 is 0 Å². The molecule has 2 fully saturated rings. The molecule has 2 saturated heterocycles. The lowest BCUT2D eigenvalue weighted by molar-refractivity contribution is -0.135. The van der Waals surface area contributed by atoms with Gasteiger partial charge in [0, 0.05) is 72.1 Å². The summed E-state index contributed by atoms with van der Waals surface area (Å²) in [6, 6.07) is 6.63. The summed E-state index contributed by atoms with van der Waals surface area (Å²) in [5.41, 5.74) is 0.887. The van der Waals surface area contributed by atoms with E-state index in [0.29, 0.717) is 0 Å². The standard InChI is InChI=1S/C23H37FN6O/c1-19(22(31)29-12-4-5-13-29)28-14-16-30(17-15-28)23(25-2)26-10-7-11-27(3)21-9-6-8-20(24)18-21/h6,8-9,18-19H,4-5,7,10-17H2,1-3H3,(H,25,26). The van der Waals surface area contributed by atoms with E-state index < -0.39 is 0 Å². The first kappa shape index (κ1) is 23.3. The second-order valence-corrected chi connectivity index (χ2v) is 8.46. The van der Waals surface area contributed by atoms with Gasteiger partial charge in [0.05, 0.1) is 6.04 Å². The summed E-state index contributed by atoms with van der Waals surface area (Å²) in [6.45, 7) is 8.95. The van der Waals surface area contributed by atoms with Crippen LogP contribution < -0.4 is 10.2 Å². The fraction of sp³-hybridized carbons (Fsp3) is 0.652. The fourth-order valence-electron chi connectivity index (χ4n) is 4.37. The lowest BCUT2D eigenvalue weighted by atomic mass is 10.2. The normalized spacial score (nSPS) is 18.9. The molecule has 1 N–H and O–H groups in total. The molecule has 7 nitrogen and oxygen atoms in total. The van der Waals surface area contributed by atoms with E-state index in [4.69, 9.17) is 0 Å². The number of carbonyl (C=O) groups is 1. The number of nitrogens with one attached hydrogen (secondary N) is 1. The molecule has 0 bridgehead atoms. The van der Waals surface area contributed by atoms with Crippen LogP contribution in [0.3, 0.4) is 0 Å². The number of nitrogens with zero attached hydrogens (tertiary/aromatic N) is 5. The molecule has 0 radical (unpaired) electrons. The van der Waals surface area contributed by atoms with Gasteiger partial charge in [-0.1, -0.05) is 6.07 Å². The van der Waals surface area contributed by atoms with E-state index in [1.165, 1.54) is 6.07 Å². The molecule has 8 heteroatoms. The van der Waals surface area contributed by atoms with E-state index in [9.17, 15) is 9.18 Å². The Hall–Kier alpha value is -2.35. The Morgan fingerprint density at radius 1 is 1.16 bits per heavy atom. The summed E-state index contributed by atoms with van der Waals surface area (Å²) < 4.78 is 13.4. The third kappa shape index (κ3) is 6.32. The maximum absolute atomic E-state index is 13.4. The van der Waals surface area contributed by atoms with Crippen LogP contribution in [0.15, 0.2) is 29.3 Å². The van der Waals surface area contributed by atoms with Crippen LogP contribution in [0, 0.1) is 5.82 Å². The van der Waals surface area contributed by atoms with Crippen molar-refractivity contribution in [3.8, 4) is 0 Å². The van der Waals surface area contributed by atoms with Gasteiger partial charge in [-0.3, -0.25) is 14.7 Å². The molecule has 3 rings (SSSR count). The lowest BCUT2D eigenvalue weighted by Crippen LogP contribution is -2.57. The van der Waals surface area contributed by atoms with Crippen LogP contribution in [0.1, 0.15) is 26.2 Å². The number of halogens is 1. The zero-order valence-electron chi connectivity index (χ0n) is 19.2. The van der Waals surface area contributed by atoms with E-state index in [1.54, 1.807) is 12.1 Å². The number of piperazine rings is 1. The molecule has 172 valence electrons. The number of aliphatic imine (C=N–C) groups is 1. The largest absolute Gasteiger partial charge is 0.374 e. The van der Waals surface area contributed by atoms with Crippen molar-refractivity contribution in [2.75, 3.05) is 71.4 Å². The summed E-state index contributed by atoms with van der Waals surface area (Å²) >= 11 is 0. The zero-order chi connectivity index (χ0) is 22.2. The van der Waals surface area contributed by atoms with Gasteiger partial charge in [0.2, 0.25) is 5.91 Å². The minimum Gasteiger partial charge on any atom is -0.374 e. The quantitative estimate of drug-likeness (QED) is 0.405. The molecule has 1 amide bonds. The van der Waals surface area contributed by atoms with Gasteiger partial charge in [-0.2, -0.15) is 0 Å². The Balaban J connectivity index is 1.38. The number of carbonyl (C=O) groups excluding carboxylic acids is 1. The van der Waals surface area contributed by atoms with E-state index in [-0.39, 0.29) is 17.8 Å². The number of hydrogen-bond donors (Lipinski definition) is 1. The fourth-order valence-corrected chi connectivity index (χ4v) is 4.37. The molecule has 0 aliphatic carbocycles. The highest BCUT2D eigenvalue weighted by molar-refractivity contribution is 5.82. The monoisotopic (exact) mass is 432 g/mol. The predicted octanol–water partition coefficient (Wildman–Crippen LogP) is 1.86. The molecule has 1 unspecified atom stereocenters. The summed E-state index contributed by atoms with van der Waals surface area (Å²) in [6.07, 6.45) is 3.19. The van der Waals surface area contributed by atoms with Crippen LogP contribution in [0.4, 0.5) is 10.1 Å². The summed E-state index contributed by atoms with van der Waals surface area (Å²) in [5, 5.41) is 3.45. The van der Waals surface area contributed by atoms with Crippen LogP contribution in [0.5, 0.6) is 0 Å². The molecular weight excluding hydrogens is 395 g/mol. The highest BCUT2D eigenvalue weighted by atomic mass is 19.1. The smallest absolute Gasteiger partial charge is 0.239 e. The van der Waals surface area contributed by atoms with Crippen molar-refractivity contribution in [1.82, 2.24) is 20.0 Å². The molecule has 2 aliphatic rings. The van der Waals surface area contributed by atoms with Gasteiger partial charge in [-0.25, -0.2) is 4.39 Å². The van der Waals surface area contributed by atoms with Gasteiger partial charge < -0.3 is 20.0 Å². The van der Waals surface area contributed by atoms with E-state index in [2.05, 4.69) is 25.0 Å². The second kappa shape index (κ2) is 11.3. The number of benzene rings is 1. The highest BCUT2D eigenvalue weighted by Crippen LogP contribution is 2.15. The van der Waals surface area contributed by atoms with Gasteiger partial charge in [0.25, 0.3) is 0 Å². The van der Waals surface area contributed by atoms with Crippen LogP contribution in [0.25, 0.3) is 0 Å². The molecule has 2 aliphatic heterocycles. The minimum absolute atomic E-state index is 0.0476. The van der Waals surface area contributed by atoms with Crippen molar-refractivity contribution < 1.29 is 9.18 Å². The zero-order valence-corrected chi connectivity index (χ0v) is 19.2. The Kier molecular flexibility index (Phi) is 8.51. The number of anilines is 1. The van der Waals surface area contributed by atoms with Crippen molar-refractivity contribution in [1.29, 1.82) is 0 Å². The van der Waals surface area contributed by atoms with E-state index in [1.807, 2.05) is 32.0 Å². The number of likely N-dealkylation sites (tertiary alicyclic amines) is 1. The second-order valence-electron chi connectivity index (χ2n) is 8.46. The van der Waals surface area contributed by atoms with Gasteiger partial charge in [0.15, 0.2) is 5.96 Å². The Morgan fingerprint density at radius 3 is 2.52 bits per heavy atom. The Bertz CT molecular complexity index is 743. The Morgan fingerprint density at radius 2 is 1.87 bits per heavy atom. The van der Waals surface area contributed by atoms with Gasteiger partial charge in [-0.05, 0) is 44.4 Å². The van der Waals surface area contributed by atoms with Crippen LogP contribution in [-0.4, -0.2) is 99.1 Å². The van der Waals surface area contributed by atoms with Crippen molar-refractivity contribution in [2.45, 2.75) is 32.2 Å². The molecule has 0 aromatic heterocycles. The predicted molar refractivity (Wildman–Crippen MR) is 124 cm³/mol. The van der Waals surface area contributed by atoms with Gasteiger partial charge in [-0.15, -0.1) is 0 Å². The highest BCUT2D eigenvalue weighted by Gasteiger charge is 2.30. The van der Waals surface area contributed by atoms with Gasteiger partial charge >= 0.3 is 0 Å². The van der Waals surface area contributed by atoms with Crippen LogP contribution in [-0.2, 0) is 4.79 Å². The van der Waals surface area contributed by atoms with Crippen molar-refractivity contribution in [2.24, 2.45) is 4.99 Å². The molecule has 1 aromatic carbocycles. The maximum atomic E-state index is 13.4. The van der Waals surface area contributed by atoms with Crippen LogP contribution >= 0.6 is 0 Å². The summed E-state index contributed by atoms with van der Waals surface area (Å²) in [4.78, 5) is 25.7. The molecule has 0 saturated carbocycles. The third-order valence-corrected chi connectivity index (χ3v) is 6.35. The molecule has 0 spiro atoms. The lowest BCUT2D eigenvalue weighted by Gasteiger charge is -2.39. The van der Waals surface area contributed by atoms with Crippen molar-refractivity contribution in [3.05, 3.63) is 30.1 Å². The first-order chi connectivity index (χ1) is 15.0. The Labute approximate surface area is 185 Å². The topological polar surface area (TPSA) is 54.4 Å². The van der Waals surface area contributed by atoms with Crippen LogP contribution in [0.2, 0.25) is 0 Å². The maximum Gasteiger partial charge on any atom is 0.239 e. The molecule has 31 heavy (non-hydrogen) atoms. The van der Waals surface area contributed by atoms with Crippen molar-refractivity contribution >= 4 is 17.6 Å². The van der Waals surface area contributed by atoms with E-state index in [0.717, 1.165) is 83.3 Å². The summed E-state index contributed by atoms with van der Waals surface area (Å²) in [5.74, 6) is 0.973. The molecule has 1 atom stereocenters. The SMILES string of the molecule is CN=C(NCCCN(C)c1cccc(F)c1)N1CCN(C(C)C(=O)N2CCCC2)CC1. The van der Waals surface area contributed by atoms with Gasteiger partial charge in [0.1, 0.15) is 5.82 Å². The minimum atomic E-state index is -0.210. The van der Waals surface area contributed by atoms with Crippen molar-refractivity contribution in [3.63, 3.8) is 0 Å². The number of guanidine groups is 1. The first-order valence-corrected chi connectivity index (χ1v) is 11.4. The average Bonchev–Trinajstić information content (AvgIpc) is 3.33. The number of amides is 1. The summed E-state index contributed by atoms with van der Waals surface area (Å²) in [7, 11) is 3.79. The number of rotatable bonds is 7. The molecular formula is C23H37FN6O. The molecule has 2 heterocycles. The average molecular weight is 433 g/mol. The third-order valence-electron chi connectivity index (χ3n) is 6.35. The molecule has 1 aromatic rings. The number of hydrogen-bond acceptors (Lipinski definition) is 4. The first-order valence-electron chi connectivity index (χ1n) is 11.4.